The summed E-state index contributed by atoms with van der Waals surface area (Å²) in [7, 11) is 0. The first-order valence-corrected chi connectivity index (χ1v) is 25.6. The van der Waals surface area contributed by atoms with Gasteiger partial charge in [0.2, 0.25) is 0 Å². The normalized spacial score (nSPS) is 12.1. The van der Waals surface area contributed by atoms with Crippen molar-refractivity contribution in [1.29, 1.82) is 0 Å². The van der Waals surface area contributed by atoms with Crippen LogP contribution in [-0.4, -0.2) is 0 Å². The zero-order valence-corrected chi connectivity index (χ0v) is 37.5. The lowest BCUT2D eigenvalue weighted by Gasteiger charge is -2.08. The van der Waals surface area contributed by atoms with Crippen LogP contribution >= 0.6 is 0 Å². The smallest absolute Gasteiger partial charge is 0.00134 e. The van der Waals surface area contributed by atoms with Crippen molar-refractivity contribution in [2.24, 2.45) is 0 Å². The third-order valence-electron chi connectivity index (χ3n) is 13.2. The summed E-state index contributed by atoms with van der Waals surface area (Å²) in [5.41, 5.74) is 9.30. The van der Waals surface area contributed by atoms with E-state index in [4.69, 9.17) is 0 Å². The van der Waals surface area contributed by atoms with E-state index in [-0.39, 0.29) is 0 Å². The number of unbranched alkanes of at least 4 members (excludes halogenated alkanes) is 36. The molecule has 55 heavy (non-hydrogen) atoms. The number of aryl methyl sites for hydroxylation is 2. The molecule has 0 nitrogen and oxygen atoms in total. The molecule has 0 spiro atoms. The summed E-state index contributed by atoms with van der Waals surface area (Å²) in [6.07, 6.45) is 58.7. The van der Waals surface area contributed by atoms with E-state index in [0.29, 0.717) is 0 Å². The van der Waals surface area contributed by atoms with Crippen LogP contribution < -0.4 is 0 Å². The predicted molar refractivity (Wildman–Crippen MR) is 249 cm³/mol. The van der Waals surface area contributed by atoms with Gasteiger partial charge in [-0.15, -0.1) is 0 Å². The first kappa shape index (κ1) is 47.8. The SMILES string of the molecule is CCCCCCCCCCCCCCCCCCCCCc1ccc2c(c1)-c1cc(CCCCCCCCCCCCCCCCCCCCC)ccc1C2. The molecule has 0 bridgehead atoms. The average Bonchev–Trinajstić information content (AvgIpc) is 3.57. The third kappa shape index (κ3) is 24.1. The van der Waals surface area contributed by atoms with Gasteiger partial charge in [0.1, 0.15) is 0 Å². The minimum atomic E-state index is 1.13. The van der Waals surface area contributed by atoms with E-state index >= 15 is 0 Å². The Morgan fingerprint density at radius 1 is 0.273 bits per heavy atom. The molecule has 0 radical (unpaired) electrons. The van der Waals surface area contributed by atoms with Crippen molar-refractivity contribution in [2.75, 3.05) is 0 Å². The van der Waals surface area contributed by atoms with E-state index in [1.54, 1.807) is 33.4 Å². The summed E-state index contributed by atoms with van der Waals surface area (Å²) in [6.45, 7) is 4.62. The summed E-state index contributed by atoms with van der Waals surface area (Å²) in [5, 5.41) is 0. The summed E-state index contributed by atoms with van der Waals surface area (Å²) >= 11 is 0. The van der Waals surface area contributed by atoms with Gasteiger partial charge in [0.05, 0.1) is 0 Å². The number of benzene rings is 2. The zero-order valence-electron chi connectivity index (χ0n) is 37.5. The Morgan fingerprint density at radius 3 is 0.727 bits per heavy atom. The Morgan fingerprint density at radius 2 is 0.491 bits per heavy atom. The maximum atomic E-state index is 2.55. The lowest BCUT2D eigenvalue weighted by molar-refractivity contribution is 0.523. The third-order valence-corrected chi connectivity index (χ3v) is 13.2. The molecule has 0 atom stereocenters. The van der Waals surface area contributed by atoms with Crippen LogP contribution in [-0.2, 0) is 19.3 Å². The van der Waals surface area contributed by atoms with E-state index in [0.717, 1.165) is 6.42 Å². The summed E-state index contributed by atoms with van der Waals surface area (Å²) in [4.78, 5) is 0. The van der Waals surface area contributed by atoms with E-state index in [1.165, 1.54) is 257 Å². The first-order chi connectivity index (χ1) is 27.3. The molecule has 0 fully saturated rings. The molecule has 0 heterocycles. The summed E-state index contributed by atoms with van der Waals surface area (Å²) in [5.74, 6) is 0. The molecule has 0 N–H and O–H groups in total. The van der Waals surface area contributed by atoms with Crippen LogP contribution in [0.3, 0.4) is 0 Å². The Labute approximate surface area is 345 Å². The molecule has 0 saturated carbocycles. The van der Waals surface area contributed by atoms with Crippen LogP contribution in [0.2, 0.25) is 0 Å². The monoisotopic (exact) mass is 755 g/mol. The second-order valence-corrected chi connectivity index (χ2v) is 18.4. The molecule has 0 aromatic heterocycles. The van der Waals surface area contributed by atoms with Crippen LogP contribution in [0.5, 0.6) is 0 Å². The molecule has 0 aliphatic heterocycles. The molecule has 0 heteroatoms. The highest BCUT2D eigenvalue weighted by Gasteiger charge is 2.19. The fourth-order valence-corrected chi connectivity index (χ4v) is 9.39. The van der Waals surface area contributed by atoms with Crippen LogP contribution in [0, 0.1) is 0 Å². The zero-order chi connectivity index (χ0) is 38.7. The topological polar surface area (TPSA) is 0 Å². The van der Waals surface area contributed by atoms with Gasteiger partial charge >= 0.3 is 0 Å². The fraction of sp³-hybridized carbons (Fsp3) is 0.782. The standard InChI is InChI=1S/C55H94/c1-3-5-7-9-11-13-15-17-19-21-23-25-27-29-31-33-35-37-39-41-50-43-45-52-49-53-46-44-51(48-55(53)54(52)47-50)42-40-38-36-34-32-30-28-26-24-22-20-18-16-14-12-10-8-6-4-2/h43-48H,3-42,49H2,1-2H3. The lowest BCUT2D eigenvalue weighted by atomic mass is 9.97. The second-order valence-electron chi connectivity index (χ2n) is 18.4. The lowest BCUT2D eigenvalue weighted by Crippen LogP contribution is -1.90. The van der Waals surface area contributed by atoms with E-state index in [2.05, 4.69) is 50.2 Å². The highest BCUT2D eigenvalue weighted by Crippen LogP contribution is 2.38. The van der Waals surface area contributed by atoms with Crippen molar-refractivity contribution in [1.82, 2.24) is 0 Å². The van der Waals surface area contributed by atoms with Crippen LogP contribution in [0.15, 0.2) is 36.4 Å². The van der Waals surface area contributed by atoms with Crippen molar-refractivity contribution in [3.63, 3.8) is 0 Å². The molecule has 3 rings (SSSR count). The van der Waals surface area contributed by atoms with Gasteiger partial charge in [-0.05, 0) is 65.5 Å². The maximum absolute atomic E-state index is 2.55. The molecule has 2 aromatic carbocycles. The van der Waals surface area contributed by atoms with Crippen LogP contribution in [0.4, 0.5) is 0 Å². The molecule has 1 aliphatic carbocycles. The van der Waals surface area contributed by atoms with E-state index in [1.807, 2.05) is 0 Å². The molecule has 0 unspecified atom stereocenters. The quantitative estimate of drug-likeness (QED) is 0.0507. The van der Waals surface area contributed by atoms with Gasteiger partial charge in [0.15, 0.2) is 0 Å². The van der Waals surface area contributed by atoms with Crippen molar-refractivity contribution in [2.45, 2.75) is 277 Å². The maximum Gasteiger partial charge on any atom is -0.00134 e. The number of hydrogen-bond acceptors (Lipinski definition) is 0. The first-order valence-electron chi connectivity index (χ1n) is 25.6. The largest absolute Gasteiger partial charge is 0.0654 e. The molecule has 0 saturated heterocycles. The molecule has 0 amide bonds. The number of hydrogen-bond donors (Lipinski definition) is 0. The summed E-state index contributed by atoms with van der Waals surface area (Å²) in [6, 6.07) is 14.8. The van der Waals surface area contributed by atoms with Gasteiger partial charge in [-0.25, -0.2) is 0 Å². The van der Waals surface area contributed by atoms with Crippen LogP contribution in [0.25, 0.3) is 11.1 Å². The van der Waals surface area contributed by atoms with E-state index < -0.39 is 0 Å². The van der Waals surface area contributed by atoms with Gasteiger partial charge in [-0.3, -0.25) is 0 Å². The molecule has 1 aliphatic rings. The Hall–Kier alpha value is -1.56. The van der Waals surface area contributed by atoms with Crippen molar-refractivity contribution >= 4 is 0 Å². The number of rotatable bonds is 40. The predicted octanol–water partition coefficient (Wildman–Crippen LogP) is 19.2. The summed E-state index contributed by atoms with van der Waals surface area (Å²) < 4.78 is 0. The Bertz CT molecular complexity index is 1050. The van der Waals surface area contributed by atoms with Gasteiger partial charge in [0, 0.05) is 0 Å². The highest BCUT2D eigenvalue weighted by molar-refractivity contribution is 5.77. The fourth-order valence-electron chi connectivity index (χ4n) is 9.39. The molecule has 314 valence electrons. The average molecular weight is 755 g/mol. The van der Waals surface area contributed by atoms with Crippen molar-refractivity contribution < 1.29 is 0 Å². The van der Waals surface area contributed by atoms with Gasteiger partial charge in [-0.2, -0.15) is 0 Å². The van der Waals surface area contributed by atoms with Crippen LogP contribution in [0.1, 0.15) is 280 Å². The molecular weight excluding hydrogens is 661 g/mol. The van der Waals surface area contributed by atoms with Gasteiger partial charge < -0.3 is 0 Å². The molecular formula is C55H94. The second kappa shape index (κ2) is 34.5. The van der Waals surface area contributed by atoms with Gasteiger partial charge in [0.25, 0.3) is 0 Å². The highest BCUT2D eigenvalue weighted by atomic mass is 14.2. The Balaban J connectivity index is 1.12. The molecule has 2 aromatic rings. The van der Waals surface area contributed by atoms with Gasteiger partial charge in [-0.1, -0.05) is 281 Å². The van der Waals surface area contributed by atoms with Crippen molar-refractivity contribution in [3.8, 4) is 11.1 Å². The Kier molecular flexibility index (Phi) is 30.0. The van der Waals surface area contributed by atoms with E-state index in [9.17, 15) is 0 Å². The minimum absolute atomic E-state index is 1.13. The number of fused-ring (bicyclic) bond motifs is 3. The minimum Gasteiger partial charge on any atom is -0.0654 e. The van der Waals surface area contributed by atoms with Crippen molar-refractivity contribution in [3.05, 3.63) is 58.7 Å².